The summed E-state index contributed by atoms with van der Waals surface area (Å²) < 4.78 is 13.6. The van der Waals surface area contributed by atoms with Gasteiger partial charge in [0, 0.05) is 49.9 Å². The van der Waals surface area contributed by atoms with Crippen molar-refractivity contribution < 1.29 is 9.47 Å². The van der Waals surface area contributed by atoms with E-state index in [0.29, 0.717) is 70.7 Å². The Labute approximate surface area is 187 Å². The standard InChI is InChI=1S/C21H25BrN6O3/c1-30-15-9-12(22)21(31-2)17-19(15)28-18-11(14(27-28)10-25-7-5-23)3-4-13(26-8-6-24)16(18)20(17)29/h3-4,9,25-26H,5-8,10,23-24H2,1-2H3. The van der Waals surface area contributed by atoms with Crippen molar-refractivity contribution in [2.75, 3.05) is 45.7 Å². The highest BCUT2D eigenvalue weighted by Crippen LogP contribution is 2.41. The summed E-state index contributed by atoms with van der Waals surface area (Å²) in [6, 6.07) is 5.66. The van der Waals surface area contributed by atoms with Crippen LogP contribution in [0.4, 0.5) is 5.69 Å². The van der Waals surface area contributed by atoms with Crippen LogP contribution in [0, 0.1) is 0 Å². The first-order valence-corrected chi connectivity index (χ1v) is 10.8. The SMILES string of the molecule is COc1c(Br)cc(OC)c2c1c(=O)c1c(NCCN)ccc3c(CNCCN)nn2c31. The van der Waals surface area contributed by atoms with Crippen LogP contribution in [-0.2, 0) is 6.54 Å². The van der Waals surface area contributed by atoms with Crippen LogP contribution >= 0.6 is 15.9 Å². The van der Waals surface area contributed by atoms with Gasteiger partial charge in [-0.25, -0.2) is 4.52 Å². The molecule has 2 aromatic carbocycles. The molecule has 164 valence electrons. The van der Waals surface area contributed by atoms with Crippen LogP contribution in [0.5, 0.6) is 11.5 Å². The van der Waals surface area contributed by atoms with Gasteiger partial charge in [-0.3, -0.25) is 4.79 Å². The van der Waals surface area contributed by atoms with Gasteiger partial charge < -0.3 is 31.6 Å². The van der Waals surface area contributed by atoms with Crippen LogP contribution in [0.25, 0.3) is 27.2 Å². The van der Waals surface area contributed by atoms with E-state index in [9.17, 15) is 4.79 Å². The molecule has 0 spiro atoms. The Hall–Kier alpha value is -2.66. The van der Waals surface area contributed by atoms with Crippen molar-refractivity contribution >= 4 is 48.8 Å². The molecule has 0 bridgehead atoms. The average molecular weight is 489 g/mol. The predicted octanol–water partition coefficient (Wildman–Crippen LogP) is 1.64. The maximum absolute atomic E-state index is 13.8. The molecule has 0 aliphatic carbocycles. The molecule has 4 aromatic rings. The van der Waals surface area contributed by atoms with Gasteiger partial charge in [0.25, 0.3) is 0 Å². The van der Waals surface area contributed by atoms with E-state index in [1.807, 2.05) is 12.1 Å². The molecule has 4 rings (SSSR count). The molecule has 0 saturated carbocycles. The Morgan fingerprint density at radius 3 is 2.55 bits per heavy atom. The van der Waals surface area contributed by atoms with Crippen LogP contribution in [0.1, 0.15) is 5.69 Å². The van der Waals surface area contributed by atoms with Gasteiger partial charge in [-0.15, -0.1) is 0 Å². The molecule has 31 heavy (non-hydrogen) atoms. The number of halogens is 1. The van der Waals surface area contributed by atoms with Crippen molar-refractivity contribution in [2.45, 2.75) is 6.54 Å². The van der Waals surface area contributed by atoms with Gasteiger partial charge >= 0.3 is 0 Å². The molecular formula is C21H25BrN6O3. The fourth-order valence-electron chi connectivity index (χ4n) is 3.95. The van der Waals surface area contributed by atoms with Gasteiger partial charge in [0.15, 0.2) is 0 Å². The third kappa shape index (κ3) is 3.45. The molecule has 10 heteroatoms. The topological polar surface area (TPSA) is 129 Å². The zero-order valence-electron chi connectivity index (χ0n) is 17.4. The van der Waals surface area contributed by atoms with Crippen LogP contribution in [0.3, 0.4) is 0 Å². The molecule has 0 radical (unpaired) electrons. The summed E-state index contributed by atoms with van der Waals surface area (Å²) in [5, 5.41) is 13.2. The first-order chi connectivity index (χ1) is 15.1. The fourth-order valence-corrected chi connectivity index (χ4v) is 4.52. The van der Waals surface area contributed by atoms with Crippen LogP contribution < -0.4 is 37.0 Å². The molecule has 0 unspecified atom stereocenters. The number of hydrogen-bond donors (Lipinski definition) is 4. The lowest BCUT2D eigenvalue weighted by Gasteiger charge is -2.15. The van der Waals surface area contributed by atoms with Crippen LogP contribution in [0.15, 0.2) is 27.5 Å². The summed E-state index contributed by atoms with van der Waals surface area (Å²) in [7, 11) is 3.10. The third-order valence-corrected chi connectivity index (χ3v) is 5.85. The summed E-state index contributed by atoms with van der Waals surface area (Å²) in [6.07, 6.45) is 0. The Kier molecular flexibility index (Phi) is 6.15. The molecule has 0 fully saturated rings. The monoisotopic (exact) mass is 488 g/mol. The van der Waals surface area contributed by atoms with E-state index in [-0.39, 0.29) is 5.43 Å². The van der Waals surface area contributed by atoms with Gasteiger partial charge in [-0.05, 0) is 28.1 Å². The number of rotatable bonds is 9. The highest BCUT2D eigenvalue weighted by atomic mass is 79.9. The highest BCUT2D eigenvalue weighted by Gasteiger charge is 2.25. The fraction of sp³-hybridized carbons (Fsp3) is 0.333. The van der Waals surface area contributed by atoms with Gasteiger partial charge in [0.05, 0.1) is 40.7 Å². The summed E-state index contributed by atoms with van der Waals surface area (Å²) in [4.78, 5) is 13.8. The van der Waals surface area contributed by atoms with Gasteiger partial charge in [-0.2, -0.15) is 5.10 Å². The Morgan fingerprint density at radius 2 is 1.87 bits per heavy atom. The van der Waals surface area contributed by atoms with E-state index in [0.717, 1.165) is 16.6 Å². The van der Waals surface area contributed by atoms with Gasteiger partial charge in [0.1, 0.15) is 17.0 Å². The maximum atomic E-state index is 13.8. The first kappa shape index (κ1) is 21.6. The molecular weight excluding hydrogens is 464 g/mol. The minimum Gasteiger partial charge on any atom is -0.495 e. The van der Waals surface area contributed by atoms with Crippen molar-refractivity contribution in [1.29, 1.82) is 0 Å². The smallest absolute Gasteiger partial charge is 0.203 e. The number of nitrogens with one attached hydrogen (secondary N) is 2. The van der Waals surface area contributed by atoms with E-state index in [1.165, 1.54) is 7.11 Å². The van der Waals surface area contributed by atoms with Gasteiger partial charge in [-0.1, -0.05) is 0 Å². The normalized spacial score (nSPS) is 11.6. The number of fused-ring (bicyclic) bond motifs is 2. The lowest BCUT2D eigenvalue weighted by atomic mass is 10.0. The zero-order valence-corrected chi connectivity index (χ0v) is 19.0. The highest BCUT2D eigenvalue weighted by molar-refractivity contribution is 9.10. The molecule has 0 aliphatic rings. The second-order valence-electron chi connectivity index (χ2n) is 7.07. The second-order valence-corrected chi connectivity index (χ2v) is 7.92. The lowest BCUT2D eigenvalue weighted by molar-refractivity contribution is 0.407. The van der Waals surface area contributed by atoms with Crippen molar-refractivity contribution in [3.63, 3.8) is 0 Å². The molecule has 2 heterocycles. The van der Waals surface area contributed by atoms with E-state index in [4.69, 9.17) is 26.0 Å². The number of nitrogens with two attached hydrogens (primary N) is 2. The maximum Gasteiger partial charge on any atom is 0.203 e. The van der Waals surface area contributed by atoms with Crippen molar-refractivity contribution in [3.8, 4) is 11.5 Å². The molecule has 0 amide bonds. The minimum absolute atomic E-state index is 0.162. The molecule has 9 nitrogen and oxygen atoms in total. The second kappa shape index (κ2) is 8.83. The van der Waals surface area contributed by atoms with Crippen LogP contribution in [-0.4, -0.2) is 50.0 Å². The number of methoxy groups -OCH3 is 2. The third-order valence-electron chi connectivity index (χ3n) is 5.26. The van der Waals surface area contributed by atoms with E-state index < -0.39 is 0 Å². The summed E-state index contributed by atoms with van der Waals surface area (Å²) in [5.74, 6) is 0.958. The Morgan fingerprint density at radius 1 is 1.10 bits per heavy atom. The largest absolute Gasteiger partial charge is 0.495 e. The van der Waals surface area contributed by atoms with E-state index in [2.05, 4.69) is 26.6 Å². The summed E-state index contributed by atoms with van der Waals surface area (Å²) >= 11 is 3.50. The first-order valence-electron chi connectivity index (χ1n) is 9.96. The molecule has 0 aliphatic heterocycles. The van der Waals surface area contributed by atoms with Crippen molar-refractivity contribution in [1.82, 2.24) is 14.9 Å². The Balaban J connectivity index is 2.18. The zero-order chi connectivity index (χ0) is 22.1. The molecule has 6 N–H and O–H groups in total. The van der Waals surface area contributed by atoms with Gasteiger partial charge in [0.2, 0.25) is 5.43 Å². The number of pyridine rings is 1. The number of hydrogen-bond acceptors (Lipinski definition) is 8. The summed E-state index contributed by atoms with van der Waals surface area (Å²) in [6.45, 7) is 2.69. The number of nitrogens with zero attached hydrogens (tertiary/aromatic N) is 2. The predicted molar refractivity (Wildman–Crippen MR) is 127 cm³/mol. The number of aromatic nitrogens is 2. The number of anilines is 1. The lowest BCUT2D eigenvalue weighted by Crippen LogP contribution is -2.22. The molecule has 0 saturated heterocycles. The van der Waals surface area contributed by atoms with Crippen LogP contribution in [0.2, 0.25) is 0 Å². The Bertz CT molecular complexity index is 1310. The van der Waals surface area contributed by atoms with Crippen molar-refractivity contribution in [3.05, 3.63) is 38.6 Å². The van der Waals surface area contributed by atoms with E-state index in [1.54, 1.807) is 17.7 Å². The number of benzene rings is 2. The van der Waals surface area contributed by atoms with Crippen molar-refractivity contribution in [2.24, 2.45) is 11.5 Å². The van der Waals surface area contributed by atoms with E-state index >= 15 is 0 Å². The average Bonchev–Trinajstić information content (AvgIpc) is 3.14. The quantitative estimate of drug-likeness (QED) is 0.206. The summed E-state index contributed by atoms with van der Waals surface area (Å²) in [5.41, 5.74) is 14.0. The number of ether oxygens (including phenoxy) is 2. The molecule has 0 atom stereocenters. The minimum atomic E-state index is -0.162. The molecule has 2 aromatic heterocycles.